The highest BCUT2D eigenvalue weighted by molar-refractivity contribution is 9.10. The standard InChI is InChI=1S/C52H41BrN2O/c1-52(2,3)38-32-42(54(40-23-11-6-12-24-40)48-30-17-29-47-46-26-13-14-31-49(46)56-51(47)48)35-43(33-38)55(41-25-15-22-39(53)34-41)50-44(36-18-7-4-8-19-36)27-16-28-45(50)37-20-9-5-10-21-37/h4-35H,1-3H3. The normalized spacial score (nSPS) is 11.6. The van der Waals surface area contributed by atoms with E-state index in [0.717, 1.165) is 82.8 Å². The van der Waals surface area contributed by atoms with Crippen molar-refractivity contribution < 1.29 is 4.42 Å². The lowest BCUT2D eigenvalue weighted by molar-refractivity contribution is 0.590. The summed E-state index contributed by atoms with van der Waals surface area (Å²) in [6.45, 7) is 6.87. The third-order valence-corrected chi connectivity index (χ3v) is 10.9. The first-order valence-electron chi connectivity index (χ1n) is 19.0. The maximum atomic E-state index is 6.71. The van der Waals surface area contributed by atoms with Gasteiger partial charge in [-0.2, -0.15) is 0 Å². The first kappa shape index (κ1) is 35.3. The average molecular weight is 790 g/mol. The van der Waals surface area contributed by atoms with Crippen LogP contribution in [0.3, 0.4) is 0 Å². The zero-order valence-electron chi connectivity index (χ0n) is 31.7. The van der Waals surface area contributed by atoms with Crippen LogP contribution in [-0.2, 0) is 5.41 Å². The number of nitrogens with zero attached hydrogens (tertiary/aromatic N) is 2. The van der Waals surface area contributed by atoms with Crippen molar-refractivity contribution >= 4 is 72.0 Å². The molecule has 1 heterocycles. The van der Waals surface area contributed by atoms with E-state index in [-0.39, 0.29) is 5.41 Å². The van der Waals surface area contributed by atoms with Crippen LogP contribution in [0.1, 0.15) is 26.3 Å². The summed E-state index contributed by atoms with van der Waals surface area (Å²) >= 11 is 3.84. The number of furan rings is 1. The Morgan fingerprint density at radius 1 is 0.446 bits per heavy atom. The summed E-state index contributed by atoms with van der Waals surface area (Å²) in [7, 11) is 0. The molecule has 0 aliphatic rings. The van der Waals surface area contributed by atoms with Crippen LogP contribution in [0.25, 0.3) is 44.2 Å². The van der Waals surface area contributed by atoms with E-state index in [2.05, 4.69) is 235 Å². The second-order valence-electron chi connectivity index (χ2n) is 15.2. The molecule has 0 aliphatic heterocycles. The van der Waals surface area contributed by atoms with Gasteiger partial charge in [0.1, 0.15) is 5.58 Å². The average Bonchev–Trinajstić information content (AvgIpc) is 3.61. The van der Waals surface area contributed by atoms with E-state index in [1.165, 1.54) is 5.56 Å². The van der Waals surface area contributed by atoms with E-state index < -0.39 is 0 Å². The number of hydrogen-bond acceptors (Lipinski definition) is 3. The van der Waals surface area contributed by atoms with Gasteiger partial charge in [0.15, 0.2) is 5.58 Å². The fourth-order valence-electron chi connectivity index (χ4n) is 7.71. The lowest BCUT2D eigenvalue weighted by Crippen LogP contribution is -2.18. The van der Waals surface area contributed by atoms with Crippen molar-refractivity contribution in [1.29, 1.82) is 0 Å². The van der Waals surface area contributed by atoms with Gasteiger partial charge >= 0.3 is 0 Å². The molecule has 9 aromatic rings. The summed E-state index contributed by atoms with van der Waals surface area (Å²) < 4.78 is 7.71. The zero-order chi connectivity index (χ0) is 38.2. The fraction of sp³-hybridized carbons (Fsp3) is 0.0769. The van der Waals surface area contributed by atoms with Gasteiger partial charge in [0, 0.05) is 49.1 Å². The second-order valence-corrected chi connectivity index (χ2v) is 16.1. The predicted molar refractivity (Wildman–Crippen MR) is 240 cm³/mol. The number of para-hydroxylation sites is 4. The molecule has 0 spiro atoms. The smallest absolute Gasteiger partial charge is 0.159 e. The molecule has 0 saturated heterocycles. The Morgan fingerprint density at radius 2 is 0.982 bits per heavy atom. The van der Waals surface area contributed by atoms with Crippen molar-refractivity contribution in [1.82, 2.24) is 0 Å². The highest BCUT2D eigenvalue weighted by Gasteiger charge is 2.27. The molecular formula is C52H41BrN2O. The molecule has 0 amide bonds. The summed E-state index contributed by atoms with van der Waals surface area (Å²) in [4.78, 5) is 4.79. The third-order valence-electron chi connectivity index (χ3n) is 10.4. The van der Waals surface area contributed by atoms with Gasteiger partial charge in [-0.15, -0.1) is 0 Å². The Labute approximate surface area is 337 Å². The van der Waals surface area contributed by atoms with Crippen LogP contribution in [0.15, 0.2) is 203 Å². The maximum absolute atomic E-state index is 6.71. The largest absolute Gasteiger partial charge is 0.454 e. The van der Waals surface area contributed by atoms with E-state index in [4.69, 9.17) is 4.42 Å². The molecular weight excluding hydrogens is 748 g/mol. The van der Waals surface area contributed by atoms with Crippen molar-refractivity contribution in [2.45, 2.75) is 26.2 Å². The second kappa shape index (κ2) is 14.7. The molecule has 272 valence electrons. The number of hydrogen-bond donors (Lipinski definition) is 0. The Hall–Kier alpha value is -6.36. The van der Waals surface area contributed by atoms with E-state index in [0.29, 0.717) is 0 Å². The highest BCUT2D eigenvalue weighted by atomic mass is 79.9. The monoisotopic (exact) mass is 788 g/mol. The molecule has 0 aliphatic carbocycles. The first-order valence-corrected chi connectivity index (χ1v) is 19.8. The maximum Gasteiger partial charge on any atom is 0.159 e. The van der Waals surface area contributed by atoms with Crippen molar-refractivity contribution in [2.75, 3.05) is 9.80 Å². The Kier molecular flexibility index (Phi) is 9.28. The molecule has 0 N–H and O–H groups in total. The summed E-state index contributed by atoms with van der Waals surface area (Å²) in [6.07, 6.45) is 0. The number of anilines is 6. The van der Waals surface area contributed by atoms with Crippen LogP contribution < -0.4 is 9.80 Å². The van der Waals surface area contributed by atoms with E-state index in [1.807, 2.05) is 6.07 Å². The Bertz CT molecular complexity index is 2750. The minimum atomic E-state index is -0.178. The zero-order valence-corrected chi connectivity index (χ0v) is 33.2. The lowest BCUT2D eigenvalue weighted by Gasteiger charge is -2.34. The van der Waals surface area contributed by atoms with Gasteiger partial charge < -0.3 is 14.2 Å². The van der Waals surface area contributed by atoms with E-state index >= 15 is 0 Å². The summed E-state index contributed by atoms with van der Waals surface area (Å²) in [5.41, 5.74) is 13.6. The van der Waals surface area contributed by atoms with Gasteiger partial charge in [-0.1, -0.05) is 170 Å². The highest BCUT2D eigenvalue weighted by Crippen LogP contribution is 2.50. The SMILES string of the molecule is CC(C)(C)c1cc(N(c2cccc(Br)c2)c2c(-c3ccccc3)cccc2-c2ccccc2)cc(N(c2ccccc2)c2cccc3c2oc2ccccc23)c1. The summed E-state index contributed by atoms with van der Waals surface area (Å²) in [5, 5.41) is 2.19. The molecule has 3 nitrogen and oxygen atoms in total. The fourth-order valence-corrected chi connectivity index (χ4v) is 8.09. The van der Waals surface area contributed by atoms with Crippen molar-refractivity contribution in [2.24, 2.45) is 0 Å². The number of rotatable bonds is 8. The summed E-state index contributed by atoms with van der Waals surface area (Å²) in [6, 6.07) is 69.2. The minimum absolute atomic E-state index is 0.178. The summed E-state index contributed by atoms with van der Waals surface area (Å²) in [5.74, 6) is 0. The predicted octanol–water partition coefficient (Wildman–Crippen LogP) is 15.9. The van der Waals surface area contributed by atoms with Gasteiger partial charge in [0.25, 0.3) is 0 Å². The molecule has 56 heavy (non-hydrogen) atoms. The molecule has 1 aromatic heterocycles. The quantitative estimate of drug-likeness (QED) is 0.153. The van der Waals surface area contributed by atoms with Crippen molar-refractivity contribution in [3.8, 4) is 22.3 Å². The Balaban J connectivity index is 1.37. The van der Waals surface area contributed by atoms with Crippen LogP contribution in [0.5, 0.6) is 0 Å². The topological polar surface area (TPSA) is 19.6 Å². The van der Waals surface area contributed by atoms with Gasteiger partial charge in [0.05, 0.1) is 11.4 Å². The van der Waals surface area contributed by atoms with E-state index in [9.17, 15) is 0 Å². The molecule has 0 radical (unpaired) electrons. The van der Waals surface area contributed by atoms with Crippen LogP contribution in [0, 0.1) is 0 Å². The van der Waals surface area contributed by atoms with Gasteiger partial charge in [-0.25, -0.2) is 0 Å². The van der Waals surface area contributed by atoms with Crippen LogP contribution >= 0.6 is 15.9 Å². The molecule has 9 rings (SSSR count). The molecule has 4 heteroatoms. The van der Waals surface area contributed by atoms with Crippen LogP contribution in [0.4, 0.5) is 34.1 Å². The molecule has 8 aromatic carbocycles. The van der Waals surface area contributed by atoms with E-state index in [1.54, 1.807) is 0 Å². The lowest BCUT2D eigenvalue weighted by atomic mass is 9.86. The molecule has 0 bridgehead atoms. The molecule has 0 fully saturated rings. The van der Waals surface area contributed by atoms with Gasteiger partial charge in [-0.05, 0) is 82.8 Å². The van der Waals surface area contributed by atoms with Gasteiger partial charge in [0.2, 0.25) is 0 Å². The number of halogens is 1. The molecule has 0 atom stereocenters. The molecule has 0 unspecified atom stereocenters. The number of fused-ring (bicyclic) bond motifs is 3. The Morgan fingerprint density at radius 3 is 1.62 bits per heavy atom. The molecule has 0 saturated carbocycles. The minimum Gasteiger partial charge on any atom is -0.454 e. The first-order chi connectivity index (χ1) is 27.3. The third kappa shape index (κ3) is 6.67. The van der Waals surface area contributed by atoms with Crippen LogP contribution in [0.2, 0.25) is 0 Å². The van der Waals surface area contributed by atoms with Crippen LogP contribution in [-0.4, -0.2) is 0 Å². The van der Waals surface area contributed by atoms with Crippen molar-refractivity contribution in [3.63, 3.8) is 0 Å². The van der Waals surface area contributed by atoms with Gasteiger partial charge in [-0.3, -0.25) is 0 Å². The van der Waals surface area contributed by atoms with Crippen molar-refractivity contribution in [3.05, 3.63) is 204 Å². The number of benzene rings is 8.